The van der Waals surface area contributed by atoms with Crippen LogP contribution in [0.3, 0.4) is 0 Å². The van der Waals surface area contributed by atoms with Crippen molar-refractivity contribution in [1.29, 1.82) is 0 Å². The molecule has 0 saturated heterocycles. The summed E-state index contributed by atoms with van der Waals surface area (Å²) in [6.45, 7) is 26.4. The summed E-state index contributed by atoms with van der Waals surface area (Å²) >= 11 is 0. The van der Waals surface area contributed by atoms with E-state index in [4.69, 9.17) is 0 Å². The maximum atomic E-state index is 13.8. The number of amides is 1. The van der Waals surface area contributed by atoms with Crippen LogP contribution in [0.5, 0.6) is 0 Å². The average Bonchev–Trinajstić information content (AvgIpc) is 3.36. The first-order valence-corrected chi connectivity index (χ1v) is 19.7. The largest absolute Gasteiger partial charge is 0.481 e. The summed E-state index contributed by atoms with van der Waals surface area (Å²) in [5.41, 5.74) is 1.16. The van der Waals surface area contributed by atoms with Gasteiger partial charge >= 0.3 is 5.97 Å². The molecule has 0 aromatic heterocycles. The van der Waals surface area contributed by atoms with Gasteiger partial charge in [0.05, 0.1) is 5.41 Å². The third-order valence-electron chi connectivity index (χ3n) is 16.4. The maximum Gasteiger partial charge on any atom is 0.309 e. The summed E-state index contributed by atoms with van der Waals surface area (Å²) in [6, 6.07) is 0. The van der Waals surface area contributed by atoms with Crippen molar-refractivity contribution in [2.24, 2.45) is 62.6 Å². The normalized spacial score (nSPS) is 41.7. The molecule has 0 spiro atoms. The number of Topliss-reactive ketones (excluding diaryl/α,β-unsaturated/α-hetero) is 1. The van der Waals surface area contributed by atoms with Crippen molar-refractivity contribution in [3.63, 3.8) is 0 Å². The Morgan fingerprint density at radius 3 is 2.12 bits per heavy atom. The van der Waals surface area contributed by atoms with Crippen LogP contribution >= 0.6 is 0 Å². The number of rotatable bonds is 12. The number of nitrogens with one attached hydrogen (secondary N) is 2. The fourth-order valence-electron chi connectivity index (χ4n) is 13.7. The highest BCUT2D eigenvalue weighted by Crippen LogP contribution is 2.77. The number of hydrogen-bond donors (Lipinski definition) is 3. The Hall–Kier alpha value is -1.69. The molecule has 3 N–H and O–H groups in total. The zero-order chi connectivity index (χ0) is 35.5. The SMILES string of the molecule is C=C(C)[C@@H]1CC[C@]2(NCCCCCNC(C)=O)CC[C@]3(C)C(CCC4[C@@]5(C)CC[C@H](C(=O)CC(C)(C)C(=O)O)C(C)(C)C5CC[C@]43C)C12. The number of fused-ring (bicyclic) bond motifs is 7. The van der Waals surface area contributed by atoms with Crippen LogP contribution in [0.2, 0.25) is 0 Å². The molecule has 0 bridgehead atoms. The van der Waals surface area contributed by atoms with Crippen molar-refractivity contribution in [2.45, 2.75) is 158 Å². The molecule has 5 fully saturated rings. The quantitative estimate of drug-likeness (QED) is 0.143. The summed E-state index contributed by atoms with van der Waals surface area (Å²) in [6.07, 6.45) is 15.5. The van der Waals surface area contributed by atoms with Gasteiger partial charge in [-0.3, -0.25) is 14.4 Å². The van der Waals surface area contributed by atoms with Crippen molar-refractivity contribution in [1.82, 2.24) is 10.6 Å². The molecule has 4 unspecified atom stereocenters. The zero-order valence-corrected chi connectivity index (χ0v) is 32.2. The molecule has 0 heterocycles. The lowest BCUT2D eigenvalue weighted by Gasteiger charge is -2.73. The summed E-state index contributed by atoms with van der Waals surface area (Å²) in [4.78, 5) is 37.0. The van der Waals surface area contributed by atoms with Gasteiger partial charge in [-0.05, 0) is 156 Å². The number of allylic oxidation sites excluding steroid dienone is 1. The van der Waals surface area contributed by atoms with Crippen LogP contribution in [0, 0.1) is 62.6 Å². The van der Waals surface area contributed by atoms with Crippen molar-refractivity contribution in [2.75, 3.05) is 13.1 Å². The predicted molar refractivity (Wildman–Crippen MR) is 194 cm³/mol. The van der Waals surface area contributed by atoms with Gasteiger partial charge < -0.3 is 15.7 Å². The number of carbonyl (C=O) groups is 3. The number of aliphatic carboxylic acids is 1. The highest BCUT2D eigenvalue weighted by molar-refractivity contribution is 5.87. The Balaban J connectivity index is 1.36. The minimum absolute atomic E-state index is 0.0615. The number of carbonyl (C=O) groups excluding carboxylic acids is 2. The van der Waals surface area contributed by atoms with Gasteiger partial charge in [0.2, 0.25) is 5.91 Å². The smallest absolute Gasteiger partial charge is 0.309 e. The Bertz CT molecular complexity index is 1270. The number of carboxylic acids is 1. The van der Waals surface area contributed by atoms with Gasteiger partial charge in [0.1, 0.15) is 5.78 Å². The molecule has 6 nitrogen and oxygen atoms in total. The second-order valence-electron chi connectivity index (χ2n) is 19.6. The van der Waals surface area contributed by atoms with E-state index < -0.39 is 11.4 Å². The maximum absolute atomic E-state index is 13.8. The topological polar surface area (TPSA) is 95.5 Å². The fourth-order valence-corrected chi connectivity index (χ4v) is 13.7. The van der Waals surface area contributed by atoms with E-state index in [1.165, 1.54) is 56.9 Å². The molecular formula is C42H70N2O4. The molecule has 5 rings (SSSR count). The van der Waals surface area contributed by atoms with Gasteiger partial charge in [0.15, 0.2) is 0 Å². The van der Waals surface area contributed by atoms with Gasteiger partial charge in [0.25, 0.3) is 0 Å². The van der Waals surface area contributed by atoms with Gasteiger partial charge in [0, 0.05) is 31.3 Å². The summed E-state index contributed by atoms with van der Waals surface area (Å²) in [7, 11) is 0. The monoisotopic (exact) mass is 667 g/mol. The molecule has 5 aliphatic carbocycles. The number of hydrogen-bond acceptors (Lipinski definition) is 4. The van der Waals surface area contributed by atoms with Crippen LogP contribution < -0.4 is 10.6 Å². The standard InChI is InChI=1S/C42H70N2O4/c1-27(2)29-16-21-42(44-25-13-11-12-24-43-28(3)45)23-22-40(9)31(35(29)42)14-15-34-39(8)19-17-30(32(46)26-37(4,5)36(47)48)38(6,7)33(39)18-20-41(34,40)10/h29-31,33-35,44H,1,11-26H2,2-10H3,(H,43,45)(H,47,48)/t29-,30+,31?,33?,34?,35?,39-,40+,41+,42-/m0/s1. The Morgan fingerprint density at radius 2 is 1.48 bits per heavy atom. The Morgan fingerprint density at radius 1 is 0.792 bits per heavy atom. The molecule has 0 radical (unpaired) electrons. The lowest BCUT2D eigenvalue weighted by molar-refractivity contribution is -0.237. The second-order valence-corrected chi connectivity index (χ2v) is 19.6. The van der Waals surface area contributed by atoms with Crippen LogP contribution in [0.1, 0.15) is 152 Å². The third-order valence-corrected chi connectivity index (χ3v) is 16.4. The number of ketones is 1. The van der Waals surface area contributed by atoms with Gasteiger partial charge in [-0.2, -0.15) is 0 Å². The van der Waals surface area contributed by atoms with Gasteiger partial charge in [-0.25, -0.2) is 0 Å². The Kier molecular flexibility index (Phi) is 10.3. The molecule has 48 heavy (non-hydrogen) atoms. The van der Waals surface area contributed by atoms with E-state index in [0.717, 1.165) is 45.2 Å². The van der Waals surface area contributed by atoms with Crippen molar-refractivity contribution < 1.29 is 19.5 Å². The first-order chi connectivity index (χ1) is 22.3. The molecule has 6 heteroatoms. The van der Waals surface area contributed by atoms with Crippen molar-refractivity contribution >= 4 is 17.7 Å². The van der Waals surface area contributed by atoms with Crippen LogP contribution in [-0.2, 0) is 14.4 Å². The van der Waals surface area contributed by atoms with E-state index in [2.05, 4.69) is 58.8 Å². The molecule has 0 aliphatic heterocycles. The number of carboxylic acid groups (broad SMARTS) is 1. The molecular weight excluding hydrogens is 596 g/mol. The fraction of sp³-hybridized carbons (Fsp3) is 0.881. The highest BCUT2D eigenvalue weighted by atomic mass is 16.4. The molecule has 0 aromatic rings. The molecule has 5 aliphatic rings. The van der Waals surface area contributed by atoms with E-state index in [0.29, 0.717) is 29.6 Å². The van der Waals surface area contributed by atoms with Crippen LogP contribution in [0.25, 0.3) is 0 Å². The van der Waals surface area contributed by atoms with Gasteiger partial charge in [-0.15, -0.1) is 0 Å². The molecule has 1 amide bonds. The van der Waals surface area contributed by atoms with E-state index in [-0.39, 0.29) is 51.2 Å². The average molecular weight is 667 g/mol. The lowest BCUT2D eigenvalue weighted by Crippen LogP contribution is -2.68. The third kappa shape index (κ3) is 6.04. The predicted octanol–water partition coefficient (Wildman–Crippen LogP) is 8.98. The minimum atomic E-state index is -1.02. The molecule has 10 atom stereocenters. The van der Waals surface area contributed by atoms with E-state index in [1.807, 2.05) is 0 Å². The second kappa shape index (κ2) is 13.1. The Labute approximate surface area is 292 Å². The van der Waals surface area contributed by atoms with E-state index >= 15 is 0 Å². The number of unbranched alkanes of at least 4 members (excludes halogenated alkanes) is 2. The first kappa shape index (κ1) is 37.6. The molecule has 272 valence electrons. The van der Waals surface area contributed by atoms with Crippen LogP contribution in [0.4, 0.5) is 0 Å². The summed E-state index contributed by atoms with van der Waals surface area (Å²) in [5.74, 6) is 2.31. The van der Waals surface area contributed by atoms with Crippen LogP contribution in [0.15, 0.2) is 12.2 Å². The summed E-state index contributed by atoms with van der Waals surface area (Å²) in [5, 5.41) is 16.9. The minimum Gasteiger partial charge on any atom is -0.481 e. The van der Waals surface area contributed by atoms with Crippen molar-refractivity contribution in [3.05, 3.63) is 12.2 Å². The zero-order valence-electron chi connectivity index (χ0n) is 32.2. The van der Waals surface area contributed by atoms with Crippen molar-refractivity contribution in [3.8, 4) is 0 Å². The molecule has 5 saturated carbocycles. The van der Waals surface area contributed by atoms with Gasteiger partial charge in [-0.1, -0.05) is 53.2 Å². The lowest BCUT2D eigenvalue weighted by atomic mass is 9.32. The van der Waals surface area contributed by atoms with E-state index in [1.54, 1.807) is 20.8 Å². The highest BCUT2D eigenvalue weighted by Gasteiger charge is 2.71. The summed E-state index contributed by atoms with van der Waals surface area (Å²) < 4.78 is 0. The first-order valence-electron chi connectivity index (χ1n) is 19.7. The van der Waals surface area contributed by atoms with E-state index in [9.17, 15) is 19.5 Å². The van der Waals surface area contributed by atoms with Crippen LogP contribution in [-0.4, -0.2) is 41.4 Å². The molecule has 0 aromatic carbocycles.